The van der Waals surface area contributed by atoms with Crippen molar-refractivity contribution < 1.29 is 38.1 Å². The van der Waals surface area contributed by atoms with E-state index in [1.165, 1.54) is 20.0 Å². The quantitative estimate of drug-likeness (QED) is 0.104. The number of ketones is 2. The Morgan fingerprint density at radius 2 is 1.71 bits per heavy atom. The zero-order valence-electron chi connectivity index (χ0n) is 25.7. The van der Waals surface area contributed by atoms with Crippen LogP contribution in [0.1, 0.15) is 117 Å². The van der Waals surface area contributed by atoms with Crippen molar-refractivity contribution >= 4 is 17.5 Å². The van der Waals surface area contributed by atoms with Gasteiger partial charge in [0.05, 0.1) is 19.3 Å². The Kier molecular flexibility index (Phi) is 15.6. The van der Waals surface area contributed by atoms with Gasteiger partial charge in [-0.15, -0.1) is 0 Å². The molecule has 3 aliphatic rings. The molecule has 2 saturated heterocycles. The number of hydrogen-bond donors (Lipinski definition) is 0. The minimum Gasteiger partial charge on any atom is -0.469 e. The highest BCUT2D eigenvalue weighted by Crippen LogP contribution is 2.37. The lowest BCUT2D eigenvalue weighted by atomic mass is 9.87. The highest BCUT2D eigenvalue weighted by Gasteiger charge is 2.43. The fourth-order valence-electron chi connectivity index (χ4n) is 6.17. The molecule has 0 radical (unpaired) electrons. The van der Waals surface area contributed by atoms with Crippen LogP contribution in [0.25, 0.3) is 0 Å². The summed E-state index contributed by atoms with van der Waals surface area (Å²) in [4.78, 5) is 37.6. The first kappa shape index (κ1) is 33.9. The largest absolute Gasteiger partial charge is 0.469 e. The molecule has 0 aromatic carbocycles. The zero-order chi connectivity index (χ0) is 29.5. The summed E-state index contributed by atoms with van der Waals surface area (Å²) in [6.07, 6.45) is 16.0. The third kappa shape index (κ3) is 12.3. The lowest BCUT2D eigenvalue weighted by Gasteiger charge is -2.30. The molecule has 3 fully saturated rings. The molecule has 0 N–H and O–H groups in total. The third-order valence-electron chi connectivity index (χ3n) is 8.63. The molecule has 1 aliphatic carbocycles. The molecule has 0 amide bonds. The van der Waals surface area contributed by atoms with Crippen molar-refractivity contribution in [2.24, 2.45) is 17.8 Å². The SMILES string of the molecule is CCCC[C@H](C)C[C@@H](/C=C/[C@H]1[C@H](OC2CCCCO2)CC(=O)[C@@H]1CC(=O)CCCCC(=O)OC)OC1CCCCO1. The van der Waals surface area contributed by atoms with E-state index in [2.05, 4.69) is 30.7 Å². The maximum Gasteiger partial charge on any atom is 0.305 e. The summed E-state index contributed by atoms with van der Waals surface area (Å²) >= 11 is 0. The van der Waals surface area contributed by atoms with E-state index in [1.54, 1.807) is 0 Å². The molecule has 3 rings (SSSR count). The second-order valence-electron chi connectivity index (χ2n) is 12.2. The molecule has 2 heterocycles. The highest BCUT2D eigenvalue weighted by atomic mass is 16.7. The van der Waals surface area contributed by atoms with Crippen molar-refractivity contribution in [2.75, 3.05) is 20.3 Å². The molecular weight excluding hydrogens is 524 g/mol. The van der Waals surface area contributed by atoms with Crippen LogP contribution in [0.4, 0.5) is 0 Å². The number of carbonyl (C=O) groups is 3. The smallest absolute Gasteiger partial charge is 0.305 e. The fourth-order valence-corrected chi connectivity index (χ4v) is 6.17. The van der Waals surface area contributed by atoms with Gasteiger partial charge >= 0.3 is 5.97 Å². The molecule has 8 nitrogen and oxygen atoms in total. The second kappa shape index (κ2) is 18.8. The fraction of sp³-hybridized carbons (Fsp3) is 0.848. The number of Topliss-reactive ketones (excluding diaryl/α,β-unsaturated/α-hetero) is 2. The van der Waals surface area contributed by atoms with Crippen LogP contribution in [-0.2, 0) is 38.1 Å². The van der Waals surface area contributed by atoms with Crippen LogP contribution in [0.2, 0.25) is 0 Å². The predicted octanol–water partition coefficient (Wildman–Crippen LogP) is 6.48. The number of hydrogen-bond acceptors (Lipinski definition) is 8. The van der Waals surface area contributed by atoms with Crippen molar-refractivity contribution in [1.29, 1.82) is 0 Å². The topological polar surface area (TPSA) is 97.4 Å². The first-order chi connectivity index (χ1) is 19.9. The van der Waals surface area contributed by atoms with Crippen molar-refractivity contribution in [3.05, 3.63) is 12.2 Å². The van der Waals surface area contributed by atoms with Crippen molar-refractivity contribution in [2.45, 2.75) is 141 Å². The van der Waals surface area contributed by atoms with E-state index in [1.807, 2.05) is 0 Å². The van der Waals surface area contributed by atoms with E-state index in [9.17, 15) is 14.4 Å². The first-order valence-corrected chi connectivity index (χ1v) is 16.2. The Morgan fingerprint density at radius 1 is 1.00 bits per heavy atom. The molecule has 8 heteroatoms. The van der Waals surface area contributed by atoms with Crippen LogP contribution in [0, 0.1) is 17.8 Å². The maximum atomic E-state index is 13.3. The van der Waals surface area contributed by atoms with Gasteiger partial charge in [-0.05, 0) is 63.7 Å². The Bertz CT molecular complexity index is 814. The van der Waals surface area contributed by atoms with E-state index < -0.39 is 5.92 Å². The average Bonchev–Trinajstić information content (AvgIpc) is 3.26. The van der Waals surface area contributed by atoms with Gasteiger partial charge in [-0.25, -0.2) is 0 Å². The molecule has 7 atom stereocenters. The number of ether oxygens (including phenoxy) is 5. The predicted molar refractivity (Wildman–Crippen MR) is 156 cm³/mol. The number of carbonyl (C=O) groups excluding carboxylic acids is 3. The molecular formula is C33H54O8. The van der Waals surface area contributed by atoms with Crippen LogP contribution in [-0.4, -0.2) is 62.6 Å². The Hall–Kier alpha value is -1.61. The minimum atomic E-state index is -0.419. The molecule has 0 aromatic heterocycles. The number of esters is 1. The monoisotopic (exact) mass is 578 g/mol. The molecule has 1 saturated carbocycles. The van der Waals surface area contributed by atoms with Gasteiger partial charge < -0.3 is 23.7 Å². The third-order valence-corrected chi connectivity index (χ3v) is 8.63. The Morgan fingerprint density at radius 3 is 2.37 bits per heavy atom. The summed E-state index contributed by atoms with van der Waals surface area (Å²) in [6, 6.07) is 0. The maximum absolute atomic E-state index is 13.3. The van der Waals surface area contributed by atoms with E-state index in [4.69, 9.17) is 18.9 Å². The molecule has 0 aromatic rings. The zero-order valence-corrected chi connectivity index (χ0v) is 25.7. The average molecular weight is 579 g/mol. The van der Waals surface area contributed by atoms with Crippen LogP contribution >= 0.6 is 0 Å². The number of methoxy groups -OCH3 is 1. The van der Waals surface area contributed by atoms with Gasteiger partial charge in [0.15, 0.2) is 12.6 Å². The Labute approximate surface area is 247 Å². The van der Waals surface area contributed by atoms with Gasteiger partial charge in [0.1, 0.15) is 11.6 Å². The summed E-state index contributed by atoms with van der Waals surface area (Å²) in [5.41, 5.74) is 0. The molecule has 0 spiro atoms. The summed E-state index contributed by atoms with van der Waals surface area (Å²) in [5, 5.41) is 0. The van der Waals surface area contributed by atoms with E-state index in [-0.39, 0.29) is 54.7 Å². The van der Waals surface area contributed by atoms with E-state index >= 15 is 0 Å². The van der Waals surface area contributed by atoms with Crippen LogP contribution < -0.4 is 0 Å². The Balaban J connectivity index is 1.70. The van der Waals surface area contributed by atoms with Crippen molar-refractivity contribution in [3.8, 4) is 0 Å². The van der Waals surface area contributed by atoms with Crippen LogP contribution in [0.15, 0.2) is 12.2 Å². The first-order valence-electron chi connectivity index (χ1n) is 16.2. The molecule has 2 aliphatic heterocycles. The van der Waals surface area contributed by atoms with E-state index in [0.29, 0.717) is 44.6 Å². The number of rotatable bonds is 18. The van der Waals surface area contributed by atoms with Gasteiger partial charge in [-0.2, -0.15) is 0 Å². The number of unbranched alkanes of at least 4 members (excludes halogenated alkanes) is 2. The molecule has 41 heavy (non-hydrogen) atoms. The summed E-state index contributed by atoms with van der Waals surface area (Å²) in [6.45, 7) is 5.88. The summed E-state index contributed by atoms with van der Waals surface area (Å²) < 4.78 is 29.3. The molecule has 0 bridgehead atoms. The lowest BCUT2D eigenvalue weighted by molar-refractivity contribution is -0.192. The normalized spacial score (nSPS) is 28.6. The standard InChI is InChI=1S/C33H54O8/c1-4-5-12-24(2)21-26(40-32-15-8-10-19-38-32)17-18-27-28(22-25(34)13-6-7-14-31(36)37-3)29(35)23-30(27)41-33-16-9-11-20-39-33/h17-18,24,26-28,30,32-33H,4-16,19-23H2,1-3H3/b18-17+/t24-,26+,27+,28+,30+,32?,33?/m0/s1. The highest BCUT2D eigenvalue weighted by molar-refractivity contribution is 5.90. The minimum absolute atomic E-state index is 0.0535. The van der Waals surface area contributed by atoms with Crippen LogP contribution in [0.3, 0.4) is 0 Å². The van der Waals surface area contributed by atoms with Gasteiger partial charge in [0, 0.05) is 50.7 Å². The van der Waals surface area contributed by atoms with Crippen LogP contribution in [0.5, 0.6) is 0 Å². The van der Waals surface area contributed by atoms with Gasteiger partial charge in [-0.3, -0.25) is 14.4 Å². The van der Waals surface area contributed by atoms with Gasteiger partial charge in [0.2, 0.25) is 0 Å². The summed E-state index contributed by atoms with van der Waals surface area (Å²) in [5.74, 6) is -0.264. The van der Waals surface area contributed by atoms with Gasteiger partial charge in [0.25, 0.3) is 0 Å². The van der Waals surface area contributed by atoms with E-state index in [0.717, 1.165) is 58.0 Å². The van der Waals surface area contributed by atoms with Crippen molar-refractivity contribution in [1.82, 2.24) is 0 Å². The molecule has 2 unspecified atom stereocenters. The second-order valence-corrected chi connectivity index (χ2v) is 12.2. The summed E-state index contributed by atoms with van der Waals surface area (Å²) in [7, 11) is 1.37. The molecule has 234 valence electrons. The van der Waals surface area contributed by atoms with Gasteiger partial charge in [-0.1, -0.05) is 45.3 Å². The lowest BCUT2D eigenvalue weighted by Crippen LogP contribution is -2.31. The van der Waals surface area contributed by atoms with Crippen molar-refractivity contribution in [3.63, 3.8) is 0 Å².